The van der Waals surface area contributed by atoms with Crippen molar-refractivity contribution in [3.63, 3.8) is 0 Å². The predicted octanol–water partition coefficient (Wildman–Crippen LogP) is 3.96. The first-order valence-electron chi connectivity index (χ1n) is 10.3. The van der Waals surface area contributed by atoms with E-state index in [1.165, 1.54) is 12.1 Å². The topological polar surface area (TPSA) is 58.6 Å². The molecule has 0 spiro atoms. The van der Waals surface area contributed by atoms with E-state index in [2.05, 4.69) is 5.32 Å². The SMILES string of the molecule is CC[C@@H](C(=O)NCC(C)C)N(Cc1ccc(OC)cc1)C(=O)Cc1ccc(F)cc1. The Morgan fingerprint density at radius 1 is 1.03 bits per heavy atom. The molecule has 30 heavy (non-hydrogen) atoms. The zero-order valence-corrected chi connectivity index (χ0v) is 18.2. The lowest BCUT2D eigenvalue weighted by molar-refractivity contribution is -0.141. The molecule has 162 valence electrons. The summed E-state index contributed by atoms with van der Waals surface area (Å²) in [5.41, 5.74) is 1.61. The molecule has 0 aliphatic rings. The van der Waals surface area contributed by atoms with E-state index in [0.29, 0.717) is 31.0 Å². The highest BCUT2D eigenvalue weighted by atomic mass is 19.1. The Morgan fingerprint density at radius 2 is 1.63 bits per heavy atom. The number of benzene rings is 2. The molecule has 0 aromatic heterocycles. The van der Waals surface area contributed by atoms with E-state index in [9.17, 15) is 14.0 Å². The lowest BCUT2D eigenvalue weighted by atomic mass is 10.1. The normalized spacial score (nSPS) is 11.8. The molecule has 0 aliphatic heterocycles. The van der Waals surface area contributed by atoms with Crippen molar-refractivity contribution in [3.8, 4) is 5.75 Å². The van der Waals surface area contributed by atoms with E-state index in [0.717, 1.165) is 11.3 Å². The van der Waals surface area contributed by atoms with Crippen molar-refractivity contribution >= 4 is 11.8 Å². The summed E-state index contributed by atoms with van der Waals surface area (Å²) < 4.78 is 18.4. The van der Waals surface area contributed by atoms with Gasteiger partial charge in [-0.05, 0) is 47.7 Å². The molecule has 2 amide bonds. The summed E-state index contributed by atoms with van der Waals surface area (Å²) in [6, 6.07) is 12.7. The molecule has 6 heteroatoms. The Balaban J connectivity index is 2.25. The van der Waals surface area contributed by atoms with Crippen molar-refractivity contribution in [2.75, 3.05) is 13.7 Å². The number of hydrogen-bond donors (Lipinski definition) is 1. The maximum absolute atomic E-state index is 13.2. The number of nitrogens with one attached hydrogen (secondary N) is 1. The number of nitrogens with zero attached hydrogens (tertiary/aromatic N) is 1. The Morgan fingerprint density at radius 3 is 2.17 bits per heavy atom. The molecular formula is C24H31FN2O3. The van der Waals surface area contributed by atoms with Gasteiger partial charge < -0.3 is 15.0 Å². The molecule has 0 unspecified atom stereocenters. The first-order valence-corrected chi connectivity index (χ1v) is 10.3. The Hall–Kier alpha value is -2.89. The minimum Gasteiger partial charge on any atom is -0.497 e. The van der Waals surface area contributed by atoms with Crippen LogP contribution in [0.4, 0.5) is 4.39 Å². The summed E-state index contributed by atoms with van der Waals surface area (Å²) in [4.78, 5) is 27.6. The van der Waals surface area contributed by atoms with Gasteiger partial charge in [-0.15, -0.1) is 0 Å². The second kappa shape index (κ2) is 11.3. The quantitative estimate of drug-likeness (QED) is 0.640. The number of halogens is 1. The summed E-state index contributed by atoms with van der Waals surface area (Å²) in [5, 5.41) is 2.94. The van der Waals surface area contributed by atoms with Gasteiger partial charge in [0, 0.05) is 13.1 Å². The maximum atomic E-state index is 13.2. The summed E-state index contributed by atoms with van der Waals surface area (Å²) in [5.74, 6) is 0.359. The van der Waals surface area contributed by atoms with E-state index < -0.39 is 6.04 Å². The second-order valence-corrected chi connectivity index (χ2v) is 7.74. The highest BCUT2D eigenvalue weighted by molar-refractivity contribution is 5.88. The molecular weight excluding hydrogens is 383 g/mol. The standard InChI is InChI=1S/C24H31FN2O3/c1-5-22(24(29)26-15-17(2)3)27(16-19-8-12-21(30-4)13-9-19)23(28)14-18-6-10-20(25)11-7-18/h6-13,17,22H,5,14-16H2,1-4H3,(H,26,29)/t22-/m0/s1. The van der Waals surface area contributed by atoms with Gasteiger partial charge in [0.2, 0.25) is 11.8 Å². The van der Waals surface area contributed by atoms with Crippen LogP contribution in [-0.4, -0.2) is 36.4 Å². The van der Waals surface area contributed by atoms with Gasteiger partial charge in [0.25, 0.3) is 0 Å². The molecule has 0 radical (unpaired) electrons. The molecule has 0 heterocycles. The van der Waals surface area contributed by atoms with Crippen molar-refractivity contribution < 1.29 is 18.7 Å². The lowest BCUT2D eigenvalue weighted by Crippen LogP contribution is -2.50. The zero-order valence-electron chi connectivity index (χ0n) is 18.2. The number of rotatable bonds is 10. The number of methoxy groups -OCH3 is 1. The van der Waals surface area contributed by atoms with Gasteiger partial charge in [-0.25, -0.2) is 4.39 Å². The Labute approximate surface area is 178 Å². The van der Waals surface area contributed by atoms with Gasteiger partial charge in [-0.3, -0.25) is 9.59 Å². The average Bonchev–Trinajstić information content (AvgIpc) is 2.74. The average molecular weight is 415 g/mol. The van der Waals surface area contributed by atoms with E-state index in [1.807, 2.05) is 45.0 Å². The van der Waals surface area contributed by atoms with Crippen LogP contribution in [0.3, 0.4) is 0 Å². The Bertz CT molecular complexity index is 819. The van der Waals surface area contributed by atoms with Gasteiger partial charge >= 0.3 is 0 Å². The van der Waals surface area contributed by atoms with Crippen LogP contribution < -0.4 is 10.1 Å². The third-order valence-electron chi connectivity index (χ3n) is 4.85. The smallest absolute Gasteiger partial charge is 0.242 e. The minimum atomic E-state index is -0.584. The molecule has 0 saturated carbocycles. The summed E-state index contributed by atoms with van der Waals surface area (Å²) in [6.07, 6.45) is 0.597. The van der Waals surface area contributed by atoms with Crippen LogP contribution in [0.25, 0.3) is 0 Å². The third kappa shape index (κ3) is 6.87. The van der Waals surface area contributed by atoms with Crippen LogP contribution in [0.5, 0.6) is 5.75 Å². The van der Waals surface area contributed by atoms with Crippen LogP contribution in [0, 0.1) is 11.7 Å². The number of ether oxygens (including phenoxy) is 1. The van der Waals surface area contributed by atoms with Gasteiger partial charge in [0.05, 0.1) is 13.5 Å². The van der Waals surface area contributed by atoms with Crippen molar-refractivity contribution in [1.29, 1.82) is 0 Å². The molecule has 2 rings (SSSR count). The highest BCUT2D eigenvalue weighted by Gasteiger charge is 2.28. The molecule has 2 aromatic rings. The third-order valence-corrected chi connectivity index (χ3v) is 4.85. The van der Waals surface area contributed by atoms with Crippen LogP contribution in [0.1, 0.15) is 38.3 Å². The number of carbonyl (C=O) groups excluding carboxylic acids is 2. The van der Waals surface area contributed by atoms with Crippen molar-refractivity contribution in [1.82, 2.24) is 10.2 Å². The Kier molecular flexibility index (Phi) is 8.84. The van der Waals surface area contributed by atoms with Crippen LogP contribution in [0.15, 0.2) is 48.5 Å². The van der Waals surface area contributed by atoms with Gasteiger partial charge in [-0.1, -0.05) is 45.0 Å². The first kappa shape index (κ1) is 23.4. The van der Waals surface area contributed by atoms with Crippen molar-refractivity contribution in [3.05, 3.63) is 65.5 Å². The molecule has 5 nitrogen and oxygen atoms in total. The van der Waals surface area contributed by atoms with E-state index in [4.69, 9.17) is 4.74 Å². The highest BCUT2D eigenvalue weighted by Crippen LogP contribution is 2.17. The molecule has 0 fully saturated rings. The van der Waals surface area contributed by atoms with Gasteiger partial charge in [0.1, 0.15) is 17.6 Å². The van der Waals surface area contributed by atoms with Crippen molar-refractivity contribution in [2.24, 2.45) is 5.92 Å². The summed E-state index contributed by atoms with van der Waals surface area (Å²) >= 11 is 0. The van der Waals surface area contributed by atoms with E-state index in [-0.39, 0.29) is 24.1 Å². The maximum Gasteiger partial charge on any atom is 0.242 e. The fourth-order valence-corrected chi connectivity index (χ4v) is 3.15. The van der Waals surface area contributed by atoms with Gasteiger partial charge in [0.15, 0.2) is 0 Å². The number of amides is 2. The van der Waals surface area contributed by atoms with Crippen LogP contribution >= 0.6 is 0 Å². The van der Waals surface area contributed by atoms with Gasteiger partial charge in [-0.2, -0.15) is 0 Å². The zero-order chi connectivity index (χ0) is 22.1. The molecule has 0 saturated heterocycles. The molecule has 0 aliphatic carbocycles. The molecule has 0 bridgehead atoms. The van der Waals surface area contributed by atoms with Crippen LogP contribution in [0.2, 0.25) is 0 Å². The number of carbonyl (C=O) groups is 2. The predicted molar refractivity (Wildman–Crippen MR) is 116 cm³/mol. The first-order chi connectivity index (χ1) is 14.3. The lowest BCUT2D eigenvalue weighted by Gasteiger charge is -2.31. The summed E-state index contributed by atoms with van der Waals surface area (Å²) in [6.45, 7) is 6.80. The van der Waals surface area contributed by atoms with Crippen molar-refractivity contribution in [2.45, 2.75) is 46.2 Å². The molecule has 2 aromatic carbocycles. The minimum absolute atomic E-state index is 0.102. The summed E-state index contributed by atoms with van der Waals surface area (Å²) in [7, 11) is 1.60. The largest absolute Gasteiger partial charge is 0.497 e. The monoisotopic (exact) mass is 414 g/mol. The fourth-order valence-electron chi connectivity index (χ4n) is 3.15. The molecule has 1 atom stereocenters. The molecule has 1 N–H and O–H groups in total. The van der Waals surface area contributed by atoms with E-state index in [1.54, 1.807) is 24.1 Å². The second-order valence-electron chi connectivity index (χ2n) is 7.74. The van der Waals surface area contributed by atoms with Crippen LogP contribution in [-0.2, 0) is 22.6 Å². The number of hydrogen-bond acceptors (Lipinski definition) is 3. The van der Waals surface area contributed by atoms with E-state index >= 15 is 0 Å². The fraction of sp³-hybridized carbons (Fsp3) is 0.417.